The molecule has 1 amide bonds. The van der Waals surface area contributed by atoms with E-state index in [4.69, 9.17) is 0 Å². The highest BCUT2D eigenvalue weighted by molar-refractivity contribution is 5.75. The van der Waals surface area contributed by atoms with E-state index in [1.54, 1.807) is 19.4 Å². The van der Waals surface area contributed by atoms with Gasteiger partial charge in [-0.2, -0.15) is 13.2 Å². The molecule has 3 aromatic heterocycles. The van der Waals surface area contributed by atoms with Gasteiger partial charge in [0.2, 0.25) is 5.91 Å². The first-order chi connectivity index (χ1) is 17.7. The lowest BCUT2D eigenvalue weighted by molar-refractivity contribution is -0.136. The van der Waals surface area contributed by atoms with E-state index in [0.29, 0.717) is 18.0 Å². The number of aromatic nitrogens is 5. The lowest BCUT2D eigenvalue weighted by Crippen LogP contribution is -2.25. The van der Waals surface area contributed by atoms with E-state index in [1.807, 2.05) is 23.7 Å². The van der Waals surface area contributed by atoms with E-state index in [1.165, 1.54) is 23.0 Å². The molecule has 1 aliphatic carbocycles. The van der Waals surface area contributed by atoms with Gasteiger partial charge in [0, 0.05) is 38.8 Å². The summed E-state index contributed by atoms with van der Waals surface area (Å²) in [6.45, 7) is 0. The zero-order valence-electron chi connectivity index (χ0n) is 20.5. The second-order valence-electron chi connectivity index (χ2n) is 9.53. The Bertz CT molecular complexity index is 1510. The normalized spacial score (nSPS) is 15.1. The Morgan fingerprint density at radius 3 is 2.65 bits per heavy atom. The van der Waals surface area contributed by atoms with Gasteiger partial charge in [0.15, 0.2) is 0 Å². The molecule has 0 radical (unpaired) electrons. The minimum absolute atomic E-state index is 0.0987. The fourth-order valence-corrected chi connectivity index (χ4v) is 5.06. The number of benzene rings is 1. The number of hydrogen-bond acceptors (Lipinski definition) is 4. The second kappa shape index (κ2) is 9.53. The Labute approximate surface area is 210 Å². The number of pyridine rings is 1. The van der Waals surface area contributed by atoms with E-state index in [-0.39, 0.29) is 23.8 Å². The average molecular weight is 513 g/mol. The molecule has 1 saturated carbocycles. The van der Waals surface area contributed by atoms with Crippen molar-refractivity contribution in [1.82, 2.24) is 29.0 Å². The van der Waals surface area contributed by atoms with Gasteiger partial charge in [-0.25, -0.2) is 4.79 Å². The number of nitrogens with zero attached hydrogens (tertiary/aromatic N) is 5. The molecule has 1 unspecified atom stereocenters. The van der Waals surface area contributed by atoms with Crippen LogP contribution in [0.5, 0.6) is 0 Å². The molecule has 3 heterocycles. The number of hydrogen-bond donors (Lipinski definition) is 1. The third kappa shape index (κ3) is 4.65. The van der Waals surface area contributed by atoms with Gasteiger partial charge >= 0.3 is 11.9 Å². The van der Waals surface area contributed by atoms with Crippen molar-refractivity contribution in [3.05, 3.63) is 82.1 Å². The summed E-state index contributed by atoms with van der Waals surface area (Å²) in [7, 11) is 3.44. The molecular weight excluding hydrogens is 485 g/mol. The lowest BCUT2D eigenvalue weighted by Gasteiger charge is -2.34. The first-order valence-electron chi connectivity index (χ1n) is 12.2. The molecule has 5 rings (SSSR count). The summed E-state index contributed by atoms with van der Waals surface area (Å²) in [6.07, 6.45) is 3.37. The molecule has 0 saturated heterocycles. The number of rotatable bonds is 7. The summed E-state index contributed by atoms with van der Waals surface area (Å²) in [6, 6.07) is 7.79. The number of amides is 1. The zero-order chi connectivity index (χ0) is 26.3. The maximum Gasteiger partial charge on any atom is 0.418 e. The molecule has 0 spiro atoms. The van der Waals surface area contributed by atoms with Crippen LogP contribution in [0.4, 0.5) is 13.2 Å². The summed E-state index contributed by atoms with van der Waals surface area (Å²) >= 11 is 0. The Balaban J connectivity index is 1.68. The van der Waals surface area contributed by atoms with Crippen LogP contribution in [0.3, 0.4) is 0 Å². The number of aryl methyl sites for hydroxylation is 2. The van der Waals surface area contributed by atoms with Gasteiger partial charge < -0.3 is 9.88 Å². The van der Waals surface area contributed by atoms with Crippen LogP contribution in [0.1, 0.15) is 54.1 Å². The zero-order valence-corrected chi connectivity index (χ0v) is 20.5. The summed E-state index contributed by atoms with van der Waals surface area (Å²) in [5.41, 5.74) is 0.436. The van der Waals surface area contributed by atoms with Crippen LogP contribution in [0.15, 0.2) is 53.8 Å². The summed E-state index contributed by atoms with van der Waals surface area (Å²) in [4.78, 5) is 25.2. The van der Waals surface area contributed by atoms with E-state index < -0.39 is 17.4 Å². The fraction of sp³-hybridized carbons (Fsp3) is 0.385. The number of carbonyl (C=O) groups is 1. The van der Waals surface area contributed by atoms with Crippen molar-refractivity contribution >= 4 is 11.4 Å². The van der Waals surface area contributed by atoms with Crippen molar-refractivity contribution < 1.29 is 18.0 Å². The second-order valence-corrected chi connectivity index (χ2v) is 9.53. The predicted molar refractivity (Wildman–Crippen MR) is 131 cm³/mol. The Morgan fingerprint density at radius 1 is 1.24 bits per heavy atom. The van der Waals surface area contributed by atoms with E-state index in [9.17, 15) is 22.8 Å². The van der Waals surface area contributed by atoms with Crippen LogP contribution in [-0.4, -0.2) is 36.7 Å². The third-order valence-corrected chi connectivity index (χ3v) is 7.21. The highest BCUT2D eigenvalue weighted by Crippen LogP contribution is 2.43. The first-order valence-corrected chi connectivity index (χ1v) is 12.2. The van der Waals surface area contributed by atoms with Gasteiger partial charge in [0.25, 0.3) is 0 Å². The van der Waals surface area contributed by atoms with Crippen LogP contribution >= 0.6 is 0 Å². The Hall–Kier alpha value is -3.89. The predicted octanol–water partition coefficient (Wildman–Crippen LogP) is 3.85. The lowest BCUT2D eigenvalue weighted by atomic mass is 9.72. The molecule has 8 nitrogen and oxygen atoms in total. The van der Waals surface area contributed by atoms with Crippen LogP contribution in [0.2, 0.25) is 0 Å². The number of imidazole rings is 1. The van der Waals surface area contributed by atoms with Gasteiger partial charge in [-0.05, 0) is 60.6 Å². The van der Waals surface area contributed by atoms with E-state index >= 15 is 0 Å². The molecule has 1 aliphatic rings. The number of alkyl halides is 3. The van der Waals surface area contributed by atoms with Crippen molar-refractivity contribution in [2.75, 3.05) is 7.05 Å². The Morgan fingerprint density at radius 2 is 2.03 bits per heavy atom. The molecule has 1 aromatic carbocycles. The number of halogens is 3. The molecule has 0 aliphatic heterocycles. The molecule has 11 heteroatoms. The van der Waals surface area contributed by atoms with E-state index in [2.05, 4.69) is 15.5 Å². The maximum atomic E-state index is 13.7. The van der Waals surface area contributed by atoms with Gasteiger partial charge in [-0.15, -0.1) is 10.2 Å². The van der Waals surface area contributed by atoms with Crippen molar-refractivity contribution in [2.45, 2.75) is 44.2 Å². The maximum absolute atomic E-state index is 13.7. The van der Waals surface area contributed by atoms with Crippen molar-refractivity contribution in [1.29, 1.82) is 0 Å². The topological polar surface area (TPSA) is 86.2 Å². The molecule has 4 aromatic rings. The molecule has 37 heavy (non-hydrogen) atoms. The van der Waals surface area contributed by atoms with Crippen LogP contribution in [-0.2, 0) is 24.4 Å². The molecular formula is C26H27F3N6O2. The summed E-state index contributed by atoms with van der Waals surface area (Å²) in [5.74, 6) is 0.885. The first kappa shape index (κ1) is 24.8. The molecule has 1 fully saturated rings. The third-order valence-electron chi connectivity index (χ3n) is 7.21. The smallest absolute Gasteiger partial charge is 0.359 e. The number of carbonyl (C=O) groups excluding carboxylic acids is 1. The SMILES string of the molecule is CNC(=O)CCc1cc(C(c2nncn2C)C2CCC2)cc(-n2cc3c(C(F)(F)F)cccn3c2=O)c1. The largest absolute Gasteiger partial charge is 0.418 e. The molecule has 1 atom stereocenters. The average Bonchev–Trinajstić information content (AvgIpc) is 3.41. The fourth-order valence-electron chi connectivity index (χ4n) is 5.06. The number of nitrogens with one attached hydrogen (secondary N) is 1. The highest BCUT2D eigenvalue weighted by atomic mass is 19.4. The molecule has 194 valence electrons. The monoisotopic (exact) mass is 512 g/mol. The van der Waals surface area contributed by atoms with Gasteiger partial charge in [0.1, 0.15) is 12.2 Å². The van der Waals surface area contributed by atoms with Crippen molar-refractivity contribution in [3.8, 4) is 5.69 Å². The minimum Gasteiger partial charge on any atom is -0.359 e. The van der Waals surface area contributed by atoms with Gasteiger partial charge in [0.05, 0.1) is 16.8 Å². The van der Waals surface area contributed by atoms with Gasteiger partial charge in [-0.1, -0.05) is 12.5 Å². The number of fused-ring (bicyclic) bond motifs is 1. The van der Waals surface area contributed by atoms with Crippen molar-refractivity contribution in [3.63, 3.8) is 0 Å². The summed E-state index contributed by atoms with van der Waals surface area (Å²) in [5, 5.41) is 11.0. The molecule has 0 bridgehead atoms. The Kier molecular flexibility index (Phi) is 6.38. The van der Waals surface area contributed by atoms with Crippen molar-refractivity contribution in [2.24, 2.45) is 13.0 Å². The standard InChI is InChI=1S/C26H27F3N6O2/c1-30-22(36)9-8-16-11-18(23(17-5-3-6-17)24-32-31-15-33(24)2)13-19(12-16)35-14-21-20(26(27,28)29)7-4-10-34(21)25(35)37/h4,7,10-15,17,23H,3,5-6,8-9H2,1-2H3,(H,30,36). The van der Waals surface area contributed by atoms with Crippen LogP contribution in [0, 0.1) is 5.92 Å². The van der Waals surface area contributed by atoms with Crippen LogP contribution in [0.25, 0.3) is 11.2 Å². The van der Waals surface area contributed by atoms with Crippen LogP contribution < -0.4 is 11.0 Å². The van der Waals surface area contributed by atoms with Gasteiger partial charge in [-0.3, -0.25) is 13.8 Å². The molecule has 1 N–H and O–H groups in total. The van der Waals surface area contributed by atoms with E-state index in [0.717, 1.165) is 46.7 Å². The summed E-state index contributed by atoms with van der Waals surface area (Å²) < 4.78 is 45.1. The quantitative estimate of drug-likeness (QED) is 0.408. The highest BCUT2D eigenvalue weighted by Gasteiger charge is 2.35. The minimum atomic E-state index is -4.60.